The molecular weight excluding hydrogens is 365 g/mol. The minimum absolute atomic E-state index is 0. The molecule has 0 aliphatic rings. The fourth-order valence-electron chi connectivity index (χ4n) is 1.61. The largest absolute Gasteiger partial charge is 0.489 e. The monoisotopic (exact) mass is 383 g/mol. The maximum absolute atomic E-state index is 5.66. The van der Waals surface area contributed by atoms with Crippen molar-refractivity contribution < 1.29 is 4.74 Å². The maximum Gasteiger partial charge on any atom is 0.186 e. The van der Waals surface area contributed by atoms with Crippen molar-refractivity contribution in [3.63, 3.8) is 0 Å². The quantitative estimate of drug-likeness (QED) is 0.474. The molecule has 0 saturated heterocycles. The lowest BCUT2D eigenvalue weighted by Gasteiger charge is -2.06. The number of guanidine groups is 1. The van der Waals surface area contributed by atoms with Gasteiger partial charge in [-0.3, -0.25) is 0 Å². The number of nitrogens with two attached hydrogens (primary N) is 2. The summed E-state index contributed by atoms with van der Waals surface area (Å²) in [5.41, 5.74) is 12.8. The van der Waals surface area contributed by atoms with Gasteiger partial charge in [-0.05, 0) is 23.3 Å². The molecule has 2 aromatic carbocycles. The third kappa shape index (κ3) is 5.48. The number of halogens is 1. The van der Waals surface area contributed by atoms with Gasteiger partial charge in [0.05, 0.1) is 6.54 Å². The molecule has 0 unspecified atom stereocenters. The molecule has 2 rings (SSSR count). The summed E-state index contributed by atoms with van der Waals surface area (Å²) in [5, 5.41) is 0. The number of para-hydroxylation sites is 1. The number of nitrogens with zero attached hydrogens (tertiary/aromatic N) is 1. The minimum Gasteiger partial charge on any atom is -0.489 e. The van der Waals surface area contributed by atoms with E-state index < -0.39 is 0 Å². The van der Waals surface area contributed by atoms with Crippen LogP contribution in [0.5, 0.6) is 5.75 Å². The Morgan fingerprint density at radius 3 is 2.10 bits per heavy atom. The smallest absolute Gasteiger partial charge is 0.186 e. The summed E-state index contributed by atoms with van der Waals surface area (Å²) in [4.78, 5) is 3.96. The average Bonchev–Trinajstić information content (AvgIpc) is 2.45. The van der Waals surface area contributed by atoms with E-state index in [1.54, 1.807) is 0 Å². The summed E-state index contributed by atoms with van der Waals surface area (Å²) >= 11 is 0. The normalized spacial score (nSPS) is 9.40. The molecule has 0 aliphatic heterocycles. The molecule has 106 valence electrons. The first-order chi connectivity index (χ1) is 9.24. The standard InChI is InChI=1S/C15H17N3O.HI/c16-15(17)18-10-12-6-8-13(9-7-12)11-19-14-4-2-1-3-5-14;/h1-9H,10-11H2,(H4,16,17,18);1H. The number of ether oxygens (including phenoxy) is 1. The molecule has 0 aromatic heterocycles. The average molecular weight is 383 g/mol. The Morgan fingerprint density at radius 1 is 0.900 bits per heavy atom. The fourth-order valence-corrected chi connectivity index (χ4v) is 1.61. The fraction of sp³-hybridized carbons (Fsp3) is 0.133. The van der Waals surface area contributed by atoms with E-state index in [-0.39, 0.29) is 29.9 Å². The summed E-state index contributed by atoms with van der Waals surface area (Å²) in [6.07, 6.45) is 0. The molecule has 0 spiro atoms. The van der Waals surface area contributed by atoms with Gasteiger partial charge in [-0.1, -0.05) is 42.5 Å². The van der Waals surface area contributed by atoms with E-state index in [0.717, 1.165) is 16.9 Å². The lowest BCUT2D eigenvalue weighted by molar-refractivity contribution is 0.306. The van der Waals surface area contributed by atoms with E-state index in [0.29, 0.717) is 13.2 Å². The van der Waals surface area contributed by atoms with E-state index in [2.05, 4.69) is 4.99 Å². The molecule has 0 bridgehead atoms. The Kier molecular flexibility index (Phi) is 6.86. The molecule has 20 heavy (non-hydrogen) atoms. The summed E-state index contributed by atoms with van der Waals surface area (Å²) in [5.74, 6) is 0.976. The Labute approximate surface area is 135 Å². The van der Waals surface area contributed by atoms with Crippen molar-refractivity contribution in [1.29, 1.82) is 0 Å². The highest BCUT2D eigenvalue weighted by Crippen LogP contribution is 2.12. The zero-order chi connectivity index (χ0) is 13.5. The van der Waals surface area contributed by atoms with Crippen molar-refractivity contribution in [2.24, 2.45) is 16.5 Å². The van der Waals surface area contributed by atoms with Crippen LogP contribution in [0.4, 0.5) is 0 Å². The summed E-state index contributed by atoms with van der Waals surface area (Å²) in [6, 6.07) is 17.8. The molecule has 0 amide bonds. The van der Waals surface area contributed by atoms with Gasteiger partial charge in [-0.15, -0.1) is 24.0 Å². The van der Waals surface area contributed by atoms with E-state index in [9.17, 15) is 0 Å². The molecule has 0 saturated carbocycles. The van der Waals surface area contributed by atoms with Crippen LogP contribution in [0.2, 0.25) is 0 Å². The van der Waals surface area contributed by atoms with Crippen molar-refractivity contribution in [3.05, 3.63) is 65.7 Å². The molecular formula is C15H18IN3O. The third-order valence-electron chi connectivity index (χ3n) is 2.62. The van der Waals surface area contributed by atoms with Crippen LogP contribution in [0.25, 0.3) is 0 Å². The van der Waals surface area contributed by atoms with Crippen molar-refractivity contribution >= 4 is 29.9 Å². The molecule has 0 atom stereocenters. The van der Waals surface area contributed by atoms with Crippen LogP contribution in [-0.4, -0.2) is 5.96 Å². The molecule has 4 nitrogen and oxygen atoms in total. The van der Waals surface area contributed by atoms with Crippen LogP contribution in [0.3, 0.4) is 0 Å². The van der Waals surface area contributed by atoms with Gasteiger partial charge in [0.25, 0.3) is 0 Å². The van der Waals surface area contributed by atoms with E-state index >= 15 is 0 Å². The zero-order valence-electron chi connectivity index (χ0n) is 11.0. The maximum atomic E-state index is 5.66. The van der Waals surface area contributed by atoms with Crippen molar-refractivity contribution in [2.75, 3.05) is 0 Å². The van der Waals surface area contributed by atoms with Crippen molar-refractivity contribution in [2.45, 2.75) is 13.2 Å². The highest BCUT2D eigenvalue weighted by Gasteiger charge is 1.96. The van der Waals surface area contributed by atoms with Gasteiger partial charge in [-0.25, -0.2) is 4.99 Å². The van der Waals surface area contributed by atoms with Gasteiger partial charge >= 0.3 is 0 Å². The summed E-state index contributed by atoms with van der Waals surface area (Å²) < 4.78 is 5.66. The zero-order valence-corrected chi connectivity index (χ0v) is 13.4. The Balaban J connectivity index is 0.00000200. The number of hydrogen-bond acceptors (Lipinski definition) is 2. The minimum atomic E-state index is 0. The van der Waals surface area contributed by atoms with Crippen LogP contribution >= 0.6 is 24.0 Å². The van der Waals surface area contributed by atoms with E-state index in [1.807, 2.05) is 54.6 Å². The van der Waals surface area contributed by atoms with Crippen LogP contribution < -0.4 is 16.2 Å². The van der Waals surface area contributed by atoms with E-state index in [1.165, 1.54) is 0 Å². The second-order valence-electron chi connectivity index (χ2n) is 4.16. The van der Waals surface area contributed by atoms with Gasteiger partial charge in [0.2, 0.25) is 0 Å². The summed E-state index contributed by atoms with van der Waals surface area (Å²) in [7, 11) is 0. The topological polar surface area (TPSA) is 73.6 Å². The van der Waals surface area contributed by atoms with Gasteiger partial charge in [0.15, 0.2) is 5.96 Å². The molecule has 0 heterocycles. The Hall–Kier alpha value is -1.76. The summed E-state index contributed by atoms with van der Waals surface area (Å²) in [6.45, 7) is 1.05. The third-order valence-corrected chi connectivity index (χ3v) is 2.62. The highest BCUT2D eigenvalue weighted by atomic mass is 127. The van der Waals surface area contributed by atoms with Crippen LogP contribution in [0.1, 0.15) is 11.1 Å². The highest BCUT2D eigenvalue weighted by molar-refractivity contribution is 14.0. The van der Waals surface area contributed by atoms with Gasteiger partial charge < -0.3 is 16.2 Å². The first kappa shape index (κ1) is 16.3. The number of rotatable bonds is 5. The predicted molar refractivity (Wildman–Crippen MR) is 92.1 cm³/mol. The molecule has 0 radical (unpaired) electrons. The van der Waals surface area contributed by atoms with Crippen LogP contribution in [0, 0.1) is 0 Å². The lowest BCUT2D eigenvalue weighted by Crippen LogP contribution is -2.22. The molecule has 4 N–H and O–H groups in total. The van der Waals surface area contributed by atoms with Crippen LogP contribution in [0.15, 0.2) is 59.6 Å². The molecule has 2 aromatic rings. The predicted octanol–water partition coefficient (Wildman–Crippen LogP) is 2.66. The molecule has 0 fully saturated rings. The van der Waals surface area contributed by atoms with Crippen LogP contribution in [-0.2, 0) is 13.2 Å². The number of aliphatic imine (C=N–C) groups is 1. The van der Waals surface area contributed by atoms with E-state index in [4.69, 9.17) is 16.2 Å². The molecule has 5 heteroatoms. The first-order valence-corrected chi connectivity index (χ1v) is 6.05. The Bertz CT molecular complexity index is 537. The SMILES string of the molecule is I.NC(N)=NCc1ccc(COc2ccccc2)cc1. The second kappa shape index (κ2) is 8.42. The Morgan fingerprint density at radius 2 is 1.50 bits per heavy atom. The number of benzene rings is 2. The first-order valence-electron chi connectivity index (χ1n) is 6.05. The lowest BCUT2D eigenvalue weighted by atomic mass is 10.1. The van der Waals surface area contributed by atoms with Crippen molar-refractivity contribution in [1.82, 2.24) is 0 Å². The van der Waals surface area contributed by atoms with Gasteiger partial charge in [0, 0.05) is 0 Å². The van der Waals surface area contributed by atoms with Gasteiger partial charge in [-0.2, -0.15) is 0 Å². The number of hydrogen-bond donors (Lipinski definition) is 2. The van der Waals surface area contributed by atoms with Gasteiger partial charge in [0.1, 0.15) is 12.4 Å². The second-order valence-corrected chi connectivity index (χ2v) is 4.16. The van der Waals surface area contributed by atoms with Crippen molar-refractivity contribution in [3.8, 4) is 5.75 Å². The molecule has 0 aliphatic carbocycles.